The highest BCUT2D eigenvalue weighted by Crippen LogP contribution is 2.36. The van der Waals surface area contributed by atoms with Gasteiger partial charge >= 0.3 is 6.36 Å². The van der Waals surface area contributed by atoms with Gasteiger partial charge in [0.05, 0.1) is 4.90 Å². The second kappa shape index (κ2) is 9.02. The summed E-state index contributed by atoms with van der Waals surface area (Å²) in [7, 11) is -4.29. The number of ether oxygens (including phenoxy) is 1. The van der Waals surface area contributed by atoms with Crippen molar-refractivity contribution < 1.29 is 31.4 Å². The van der Waals surface area contributed by atoms with Crippen molar-refractivity contribution in [2.75, 3.05) is 0 Å². The van der Waals surface area contributed by atoms with Gasteiger partial charge in [0, 0.05) is 0 Å². The SMILES string of the molecule is CC(C)c1cc(C=C(C#N)S(=O)(=O)c2ccc(OC(F)(F)F)cc2)cc(C(C)C)c1O. The van der Waals surface area contributed by atoms with E-state index in [1.165, 1.54) is 6.08 Å². The lowest BCUT2D eigenvalue weighted by atomic mass is 9.91. The lowest BCUT2D eigenvalue weighted by molar-refractivity contribution is -0.274. The summed E-state index contributed by atoms with van der Waals surface area (Å²) in [5, 5.41) is 20.0. The maximum Gasteiger partial charge on any atom is 0.573 e. The number of nitrogens with zero attached hydrogens (tertiary/aromatic N) is 1. The highest BCUT2D eigenvalue weighted by molar-refractivity contribution is 7.95. The van der Waals surface area contributed by atoms with Crippen LogP contribution in [0.15, 0.2) is 46.2 Å². The van der Waals surface area contributed by atoms with Crippen LogP contribution in [0.3, 0.4) is 0 Å². The van der Waals surface area contributed by atoms with Gasteiger partial charge in [0.1, 0.15) is 22.5 Å². The van der Waals surface area contributed by atoms with E-state index in [-0.39, 0.29) is 22.5 Å². The molecular formula is C22H22F3NO4S. The van der Waals surface area contributed by atoms with Gasteiger partial charge in [-0.05, 0) is 71.0 Å². The topological polar surface area (TPSA) is 87.4 Å². The zero-order valence-electron chi connectivity index (χ0n) is 17.4. The van der Waals surface area contributed by atoms with Gasteiger partial charge in [-0.2, -0.15) is 5.26 Å². The Morgan fingerprint density at radius 2 is 1.55 bits per heavy atom. The first kappa shape index (κ1) is 24.3. The molecule has 2 aromatic rings. The molecule has 0 amide bonds. The van der Waals surface area contributed by atoms with Crippen LogP contribution in [-0.4, -0.2) is 19.9 Å². The molecule has 0 fully saturated rings. The third-order valence-electron chi connectivity index (χ3n) is 4.50. The summed E-state index contributed by atoms with van der Waals surface area (Å²) < 4.78 is 66.4. The number of hydrogen-bond acceptors (Lipinski definition) is 5. The van der Waals surface area contributed by atoms with E-state index in [1.54, 1.807) is 18.2 Å². The largest absolute Gasteiger partial charge is 0.573 e. The van der Waals surface area contributed by atoms with Crippen LogP contribution in [0.4, 0.5) is 13.2 Å². The lowest BCUT2D eigenvalue weighted by Crippen LogP contribution is -2.17. The zero-order chi connectivity index (χ0) is 23.6. The molecule has 0 aliphatic heterocycles. The number of nitriles is 1. The first-order valence-electron chi connectivity index (χ1n) is 9.35. The van der Waals surface area contributed by atoms with Gasteiger partial charge in [0.2, 0.25) is 9.84 Å². The minimum absolute atomic E-state index is 0.0471. The summed E-state index contributed by atoms with van der Waals surface area (Å²) in [6, 6.07) is 8.49. The standard InChI is InChI=1S/C22H22F3NO4S/c1-13(2)19-10-15(11-20(14(3)4)21(19)27)9-18(12-26)31(28,29)17-7-5-16(6-8-17)30-22(23,24)25/h5-11,13-14,27H,1-4H3. The van der Waals surface area contributed by atoms with Crippen LogP contribution >= 0.6 is 0 Å². The van der Waals surface area contributed by atoms with Crippen molar-refractivity contribution >= 4 is 15.9 Å². The average molecular weight is 453 g/mol. The molecule has 9 heteroatoms. The molecule has 0 bridgehead atoms. The Labute approximate surface area is 179 Å². The van der Waals surface area contributed by atoms with Gasteiger partial charge in [0.25, 0.3) is 0 Å². The fourth-order valence-corrected chi connectivity index (χ4v) is 4.10. The van der Waals surface area contributed by atoms with Crippen molar-refractivity contribution in [1.29, 1.82) is 5.26 Å². The van der Waals surface area contributed by atoms with Crippen LogP contribution in [0.2, 0.25) is 0 Å². The summed E-state index contributed by atoms with van der Waals surface area (Å²) in [6.07, 6.45) is -3.72. The molecule has 0 unspecified atom stereocenters. The Morgan fingerprint density at radius 1 is 1.06 bits per heavy atom. The number of phenolic OH excluding ortho intramolecular Hbond substituents is 1. The van der Waals surface area contributed by atoms with E-state index in [0.29, 0.717) is 16.7 Å². The second-order valence-corrected chi connectivity index (χ2v) is 9.42. The van der Waals surface area contributed by atoms with Crippen LogP contribution in [0.5, 0.6) is 11.5 Å². The molecule has 1 N–H and O–H groups in total. The summed E-state index contributed by atoms with van der Waals surface area (Å²) in [6.45, 7) is 7.50. The molecule has 0 atom stereocenters. The highest BCUT2D eigenvalue weighted by Gasteiger charge is 2.31. The van der Waals surface area contributed by atoms with Crippen LogP contribution in [-0.2, 0) is 9.84 Å². The normalized spacial score (nSPS) is 12.8. The number of benzene rings is 2. The fourth-order valence-electron chi connectivity index (χ4n) is 2.94. The molecule has 0 saturated carbocycles. The van der Waals surface area contributed by atoms with E-state index in [0.717, 1.165) is 24.3 Å². The Bertz CT molecular complexity index is 1100. The summed E-state index contributed by atoms with van der Waals surface area (Å²) in [5.41, 5.74) is 1.64. The fraction of sp³-hybridized carbons (Fsp3) is 0.318. The smallest absolute Gasteiger partial charge is 0.507 e. The van der Waals surface area contributed by atoms with E-state index in [2.05, 4.69) is 4.74 Å². The van der Waals surface area contributed by atoms with Crippen molar-refractivity contribution in [3.8, 4) is 17.6 Å². The molecule has 31 heavy (non-hydrogen) atoms. The van der Waals surface area contributed by atoms with Crippen LogP contribution in [0, 0.1) is 11.3 Å². The molecule has 0 saturated heterocycles. The molecule has 0 aliphatic rings. The van der Waals surface area contributed by atoms with Crippen molar-refractivity contribution in [2.45, 2.75) is 50.8 Å². The molecular weight excluding hydrogens is 431 g/mol. The van der Waals surface area contributed by atoms with Gasteiger partial charge in [0.15, 0.2) is 0 Å². The molecule has 0 spiro atoms. The van der Waals surface area contributed by atoms with Gasteiger partial charge in [-0.3, -0.25) is 0 Å². The van der Waals surface area contributed by atoms with E-state index < -0.39 is 26.9 Å². The van der Waals surface area contributed by atoms with Gasteiger partial charge in [-0.25, -0.2) is 8.42 Å². The zero-order valence-corrected chi connectivity index (χ0v) is 18.2. The Kier molecular flexibility index (Phi) is 7.06. The molecule has 5 nitrogen and oxygen atoms in total. The number of allylic oxidation sites excluding steroid dienone is 1. The number of hydrogen-bond donors (Lipinski definition) is 1. The molecule has 0 heterocycles. The van der Waals surface area contributed by atoms with Crippen molar-refractivity contribution in [3.05, 3.63) is 58.0 Å². The van der Waals surface area contributed by atoms with Crippen molar-refractivity contribution in [1.82, 2.24) is 0 Å². The Balaban J connectivity index is 2.53. The second-order valence-electron chi connectivity index (χ2n) is 7.50. The first-order chi connectivity index (χ1) is 14.3. The third-order valence-corrected chi connectivity index (χ3v) is 6.18. The minimum atomic E-state index is -4.90. The molecule has 2 rings (SSSR count). The third kappa shape index (κ3) is 5.79. The van der Waals surface area contributed by atoms with E-state index in [9.17, 15) is 32.0 Å². The Hall–Kier alpha value is -2.99. The number of aromatic hydroxyl groups is 1. The first-order valence-corrected chi connectivity index (χ1v) is 10.8. The molecule has 166 valence electrons. The quantitative estimate of drug-likeness (QED) is 0.552. The van der Waals surface area contributed by atoms with Gasteiger partial charge in [-0.1, -0.05) is 27.7 Å². The maximum atomic E-state index is 12.9. The number of rotatable bonds is 6. The van der Waals surface area contributed by atoms with Crippen LogP contribution in [0.25, 0.3) is 6.08 Å². The summed E-state index contributed by atoms with van der Waals surface area (Å²) >= 11 is 0. The minimum Gasteiger partial charge on any atom is -0.507 e. The number of phenols is 1. The predicted molar refractivity (Wildman–Crippen MR) is 110 cm³/mol. The predicted octanol–water partition coefficient (Wildman–Crippen LogP) is 5.88. The van der Waals surface area contributed by atoms with Crippen LogP contribution in [0.1, 0.15) is 56.2 Å². The molecule has 0 aromatic heterocycles. The lowest BCUT2D eigenvalue weighted by Gasteiger charge is -2.16. The van der Waals surface area contributed by atoms with E-state index in [4.69, 9.17) is 0 Å². The van der Waals surface area contributed by atoms with Crippen molar-refractivity contribution in [2.24, 2.45) is 0 Å². The number of halogens is 3. The average Bonchev–Trinajstić information content (AvgIpc) is 2.65. The van der Waals surface area contributed by atoms with Gasteiger partial charge < -0.3 is 9.84 Å². The van der Waals surface area contributed by atoms with Crippen molar-refractivity contribution in [3.63, 3.8) is 0 Å². The Morgan fingerprint density at radius 3 is 1.94 bits per heavy atom. The highest BCUT2D eigenvalue weighted by atomic mass is 32.2. The summed E-state index contributed by atoms with van der Waals surface area (Å²) in [5.74, 6) is -0.539. The molecule has 0 radical (unpaired) electrons. The number of sulfone groups is 1. The summed E-state index contributed by atoms with van der Waals surface area (Å²) in [4.78, 5) is -0.922. The molecule has 2 aromatic carbocycles. The van der Waals surface area contributed by atoms with Gasteiger partial charge in [-0.15, -0.1) is 13.2 Å². The number of alkyl halides is 3. The maximum absolute atomic E-state index is 12.9. The molecule has 0 aliphatic carbocycles. The monoisotopic (exact) mass is 453 g/mol. The van der Waals surface area contributed by atoms with Crippen LogP contribution < -0.4 is 4.74 Å². The van der Waals surface area contributed by atoms with E-state index in [1.807, 2.05) is 27.7 Å². The van der Waals surface area contributed by atoms with E-state index >= 15 is 0 Å².